The van der Waals surface area contributed by atoms with Crippen LogP contribution >= 0.6 is 23.1 Å². The van der Waals surface area contributed by atoms with Gasteiger partial charge < -0.3 is 15.1 Å². The third kappa shape index (κ3) is 6.67. The monoisotopic (exact) mass is 501 g/mol. The maximum absolute atomic E-state index is 12.7. The van der Waals surface area contributed by atoms with Gasteiger partial charge in [-0.05, 0) is 68.4 Å². The molecule has 0 atom stereocenters. The van der Waals surface area contributed by atoms with Gasteiger partial charge in [0.2, 0.25) is 5.16 Å². The Kier molecular flexibility index (Phi) is 8.35. The average molecular weight is 502 g/mol. The van der Waals surface area contributed by atoms with Crippen LogP contribution < -0.4 is 15.5 Å². The van der Waals surface area contributed by atoms with Gasteiger partial charge in [0.1, 0.15) is 0 Å². The summed E-state index contributed by atoms with van der Waals surface area (Å²) in [6.45, 7) is 5.71. The third-order valence-corrected chi connectivity index (χ3v) is 7.58. The van der Waals surface area contributed by atoms with Crippen LogP contribution in [0.3, 0.4) is 0 Å². The number of piperidine rings is 1. The van der Waals surface area contributed by atoms with Crippen molar-refractivity contribution in [3.8, 4) is 0 Å². The van der Waals surface area contributed by atoms with Crippen molar-refractivity contribution in [3.63, 3.8) is 0 Å². The van der Waals surface area contributed by atoms with Crippen molar-refractivity contribution in [2.75, 3.05) is 49.3 Å². The molecule has 12 heteroatoms. The van der Waals surface area contributed by atoms with Crippen molar-refractivity contribution in [1.82, 2.24) is 30.1 Å². The molecule has 10 nitrogen and oxygen atoms in total. The van der Waals surface area contributed by atoms with E-state index in [0.717, 1.165) is 47.6 Å². The van der Waals surface area contributed by atoms with E-state index in [4.69, 9.17) is 0 Å². The molecule has 3 heterocycles. The number of nitrogens with one attached hydrogen (secondary N) is 2. The summed E-state index contributed by atoms with van der Waals surface area (Å²) in [4.78, 5) is 22.6. The molecule has 0 saturated carbocycles. The summed E-state index contributed by atoms with van der Waals surface area (Å²) in [5.41, 5.74) is 3.08. The van der Waals surface area contributed by atoms with Crippen LogP contribution in [0.1, 0.15) is 29.7 Å². The number of carbonyl (C=O) groups is 1. The normalized spacial score (nSPS) is 13.9. The predicted molar refractivity (Wildman–Crippen MR) is 138 cm³/mol. The molecule has 0 aliphatic carbocycles. The van der Waals surface area contributed by atoms with E-state index in [1.54, 1.807) is 22.6 Å². The van der Waals surface area contributed by atoms with Crippen LogP contribution in [0.2, 0.25) is 0 Å². The summed E-state index contributed by atoms with van der Waals surface area (Å²) < 4.78 is 1.81. The first-order valence-electron chi connectivity index (χ1n) is 11.4. The van der Waals surface area contributed by atoms with E-state index in [0.29, 0.717) is 10.9 Å². The van der Waals surface area contributed by atoms with Gasteiger partial charge in [-0.25, -0.2) is 14.5 Å². The fourth-order valence-electron chi connectivity index (χ4n) is 3.70. The molecule has 0 radical (unpaired) electrons. The summed E-state index contributed by atoms with van der Waals surface area (Å²) >= 11 is 3.01. The van der Waals surface area contributed by atoms with Crippen LogP contribution in [0.5, 0.6) is 0 Å². The molecular weight excluding hydrogens is 470 g/mol. The highest BCUT2D eigenvalue weighted by atomic mass is 32.2. The van der Waals surface area contributed by atoms with E-state index in [1.165, 1.54) is 36.2 Å². The summed E-state index contributed by atoms with van der Waals surface area (Å²) in [7, 11) is 4.04. The molecule has 0 bridgehead atoms. The Morgan fingerprint density at radius 2 is 2.03 bits per heavy atom. The highest BCUT2D eigenvalue weighted by Gasteiger charge is 2.17. The van der Waals surface area contributed by atoms with Crippen LogP contribution in [0.25, 0.3) is 0 Å². The second kappa shape index (κ2) is 11.6. The van der Waals surface area contributed by atoms with Gasteiger partial charge in [0, 0.05) is 36.5 Å². The van der Waals surface area contributed by atoms with Gasteiger partial charge in [0.05, 0.1) is 17.9 Å². The number of amides is 2. The Balaban J connectivity index is 1.33. The molecule has 1 saturated heterocycles. The first kappa shape index (κ1) is 24.4. The zero-order valence-corrected chi connectivity index (χ0v) is 21.5. The first-order valence-corrected chi connectivity index (χ1v) is 13.2. The lowest BCUT2D eigenvalue weighted by atomic mass is 10.1. The first-order chi connectivity index (χ1) is 16.5. The minimum absolute atomic E-state index is 0.289. The lowest BCUT2D eigenvalue weighted by molar-refractivity contribution is 0.262. The highest BCUT2D eigenvalue weighted by Crippen LogP contribution is 2.30. The van der Waals surface area contributed by atoms with Gasteiger partial charge >= 0.3 is 6.03 Å². The Bertz CT molecular complexity index is 1090. The van der Waals surface area contributed by atoms with Crippen molar-refractivity contribution >= 4 is 45.6 Å². The second-order valence-corrected chi connectivity index (χ2v) is 10.6. The predicted octanol–water partition coefficient (Wildman–Crippen LogP) is 3.93. The molecule has 1 aliphatic rings. The van der Waals surface area contributed by atoms with Crippen molar-refractivity contribution in [2.45, 2.75) is 43.6 Å². The number of anilines is 3. The topological polar surface area (TPSA) is 104 Å². The Labute approximate surface area is 208 Å². The summed E-state index contributed by atoms with van der Waals surface area (Å²) in [5, 5.41) is 19.2. The standard InChI is InChI=1S/C22H31N9OS2/c1-16-7-8-18(19(13-16)30-9-5-4-6-10-30)24-20(32)25-21-23-14-17(34-21)15-33-22-26-27-28-31(22)12-11-29(2)3/h7-8,13-14H,4-6,9-12,15H2,1-3H3,(H2,23,24,25,32). The van der Waals surface area contributed by atoms with Crippen LogP contribution in [-0.4, -0.2) is 69.9 Å². The molecule has 3 aromatic rings. The number of thioether (sulfide) groups is 1. The van der Waals surface area contributed by atoms with E-state index in [2.05, 4.69) is 53.9 Å². The van der Waals surface area contributed by atoms with E-state index in [1.807, 2.05) is 26.2 Å². The zero-order valence-electron chi connectivity index (χ0n) is 19.8. The Morgan fingerprint density at radius 3 is 2.82 bits per heavy atom. The van der Waals surface area contributed by atoms with Gasteiger partial charge in [-0.2, -0.15) is 0 Å². The number of nitrogens with zero attached hydrogens (tertiary/aromatic N) is 7. The van der Waals surface area contributed by atoms with E-state index in [-0.39, 0.29) is 6.03 Å². The van der Waals surface area contributed by atoms with Gasteiger partial charge in [-0.15, -0.1) is 16.4 Å². The molecule has 0 unspecified atom stereocenters. The minimum atomic E-state index is -0.289. The molecule has 34 heavy (non-hydrogen) atoms. The molecule has 1 aliphatic heterocycles. The lowest BCUT2D eigenvalue weighted by Crippen LogP contribution is -2.31. The second-order valence-electron chi connectivity index (χ2n) is 8.56. The summed E-state index contributed by atoms with van der Waals surface area (Å²) in [5.74, 6) is 0.681. The van der Waals surface area contributed by atoms with Gasteiger partial charge in [-0.3, -0.25) is 5.32 Å². The van der Waals surface area contributed by atoms with Crippen molar-refractivity contribution in [1.29, 1.82) is 0 Å². The molecule has 182 valence electrons. The van der Waals surface area contributed by atoms with E-state index >= 15 is 0 Å². The van der Waals surface area contributed by atoms with E-state index < -0.39 is 0 Å². The van der Waals surface area contributed by atoms with Crippen molar-refractivity contribution in [2.24, 2.45) is 0 Å². The van der Waals surface area contributed by atoms with Crippen LogP contribution in [0, 0.1) is 6.92 Å². The number of likely N-dealkylation sites (N-methyl/N-ethyl adjacent to an activating group) is 1. The molecule has 4 rings (SSSR count). The summed E-state index contributed by atoms with van der Waals surface area (Å²) in [6.07, 6.45) is 5.41. The van der Waals surface area contributed by atoms with Crippen LogP contribution in [-0.2, 0) is 12.3 Å². The average Bonchev–Trinajstić information content (AvgIpc) is 3.47. The number of hydrogen-bond donors (Lipinski definition) is 2. The lowest BCUT2D eigenvalue weighted by Gasteiger charge is -2.30. The molecule has 2 N–H and O–H groups in total. The zero-order chi connectivity index (χ0) is 23.9. The van der Waals surface area contributed by atoms with Gasteiger partial charge in [-0.1, -0.05) is 17.8 Å². The smallest absolute Gasteiger partial charge is 0.325 e. The molecule has 1 aromatic carbocycles. The third-order valence-electron chi connectivity index (χ3n) is 5.47. The number of aryl methyl sites for hydroxylation is 1. The van der Waals surface area contributed by atoms with Gasteiger partial charge in [0.25, 0.3) is 0 Å². The number of benzene rings is 1. The highest BCUT2D eigenvalue weighted by molar-refractivity contribution is 7.98. The van der Waals surface area contributed by atoms with E-state index in [9.17, 15) is 4.79 Å². The molecule has 0 spiro atoms. The summed E-state index contributed by atoms with van der Waals surface area (Å²) in [6, 6.07) is 5.85. The van der Waals surface area contributed by atoms with Crippen LogP contribution in [0.4, 0.5) is 21.3 Å². The number of carbonyl (C=O) groups excluding carboxylic acids is 1. The number of hydrogen-bond acceptors (Lipinski definition) is 9. The van der Waals surface area contributed by atoms with Crippen molar-refractivity contribution in [3.05, 3.63) is 34.8 Å². The minimum Gasteiger partial charge on any atom is -0.370 e. The Hall–Kier alpha value is -2.70. The quantitative estimate of drug-likeness (QED) is 0.425. The molecule has 2 amide bonds. The number of thiazole rings is 1. The largest absolute Gasteiger partial charge is 0.370 e. The van der Waals surface area contributed by atoms with Crippen molar-refractivity contribution < 1.29 is 4.79 Å². The fourth-order valence-corrected chi connectivity index (χ4v) is 5.43. The number of rotatable bonds is 9. The number of aromatic nitrogens is 5. The fraction of sp³-hybridized carbons (Fsp3) is 0.500. The maximum Gasteiger partial charge on any atom is 0.325 e. The van der Waals surface area contributed by atoms with Gasteiger partial charge in [0.15, 0.2) is 5.13 Å². The molecule has 1 fully saturated rings. The maximum atomic E-state index is 12.7. The molecular formula is C22H31N9OS2. The van der Waals surface area contributed by atoms with Crippen LogP contribution in [0.15, 0.2) is 29.6 Å². The number of urea groups is 1. The SMILES string of the molecule is Cc1ccc(NC(=O)Nc2ncc(CSc3nnnn3CCN(C)C)s2)c(N2CCCCC2)c1. The Morgan fingerprint density at radius 1 is 1.21 bits per heavy atom. The molecule has 2 aromatic heterocycles. The number of tetrazole rings is 1.